The summed E-state index contributed by atoms with van der Waals surface area (Å²) < 4.78 is 5.81. The Balaban J connectivity index is 2.20. The molecular formula is C14H11O. The van der Waals surface area contributed by atoms with Gasteiger partial charge in [0.05, 0.1) is 0 Å². The van der Waals surface area contributed by atoms with Crippen LogP contribution in [0.25, 0.3) is 0 Å². The summed E-state index contributed by atoms with van der Waals surface area (Å²) in [6.45, 7) is 4.20. The summed E-state index contributed by atoms with van der Waals surface area (Å²) in [6, 6.07) is 16.1. The first kappa shape index (κ1) is 8.54. The molecule has 0 aliphatic carbocycles. The molecule has 0 atom stereocenters. The molecule has 1 radical (unpaired) electrons. The number of rotatable bonds is 0. The minimum Gasteiger partial charge on any atom is -0.457 e. The standard InChI is InChI=1S/C14H11O/c1-10-11-6-2-4-8-13(11)15-14-9-5-3-7-12(10)14/h2-10H,1H2. The van der Waals surface area contributed by atoms with Gasteiger partial charge < -0.3 is 4.74 Å². The molecule has 0 fully saturated rings. The second-order valence-electron chi connectivity index (χ2n) is 3.73. The van der Waals surface area contributed by atoms with E-state index >= 15 is 0 Å². The first-order valence-electron chi connectivity index (χ1n) is 5.05. The molecule has 2 aromatic carbocycles. The van der Waals surface area contributed by atoms with Crippen molar-refractivity contribution in [2.45, 2.75) is 5.92 Å². The summed E-state index contributed by atoms with van der Waals surface area (Å²) in [4.78, 5) is 0. The van der Waals surface area contributed by atoms with Crippen molar-refractivity contribution in [1.29, 1.82) is 0 Å². The number of fused-ring (bicyclic) bond motifs is 2. The topological polar surface area (TPSA) is 9.23 Å². The molecule has 1 heteroatoms. The molecule has 1 nitrogen and oxygen atoms in total. The Morgan fingerprint density at radius 1 is 0.800 bits per heavy atom. The van der Waals surface area contributed by atoms with Crippen LogP contribution in [-0.2, 0) is 0 Å². The van der Waals surface area contributed by atoms with E-state index in [9.17, 15) is 0 Å². The fourth-order valence-electron chi connectivity index (χ4n) is 2.01. The molecule has 0 saturated heterocycles. The third-order valence-electron chi connectivity index (χ3n) is 2.81. The molecule has 0 unspecified atom stereocenters. The lowest BCUT2D eigenvalue weighted by Crippen LogP contribution is -2.06. The Bertz CT molecular complexity index is 457. The van der Waals surface area contributed by atoms with E-state index in [1.807, 2.05) is 36.4 Å². The Hall–Kier alpha value is -1.76. The SMILES string of the molecule is [CH2]C1c2ccccc2Oc2ccccc21. The van der Waals surface area contributed by atoms with Crippen molar-refractivity contribution < 1.29 is 4.74 Å². The van der Waals surface area contributed by atoms with Gasteiger partial charge in [-0.25, -0.2) is 0 Å². The Morgan fingerprint density at radius 2 is 1.27 bits per heavy atom. The van der Waals surface area contributed by atoms with Crippen LogP contribution in [0.3, 0.4) is 0 Å². The van der Waals surface area contributed by atoms with Crippen molar-refractivity contribution in [3.05, 3.63) is 66.6 Å². The summed E-state index contributed by atoms with van der Waals surface area (Å²) in [7, 11) is 0. The molecule has 1 heterocycles. The van der Waals surface area contributed by atoms with Gasteiger partial charge in [-0.1, -0.05) is 36.4 Å². The molecule has 1 aliphatic heterocycles. The molecule has 15 heavy (non-hydrogen) atoms. The van der Waals surface area contributed by atoms with E-state index in [-0.39, 0.29) is 5.92 Å². The maximum Gasteiger partial charge on any atom is 0.131 e. The maximum absolute atomic E-state index is 5.81. The molecule has 73 valence electrons. The molecule has 3 rings (SSSR count). The van der Waals surface area contributed by atoms with E-state index in [0.29, 0.717) is 0 Å². The Kier molecular flexibility index (Phi) is 1.78. The lowest BCUT2D eigenvalue weighted by Gasteiger charge is -2.25. The largest absolute Gasteiger partial charge is 0.457 e. The van der Waals surface area contributed by atoms with Crippen molar-refractivity contribution >= 4 is 0 Å². The predicted octanol–water partition coefficient (Wildman–Crippen LogP) is 3.76. The van der Waals surface area contributed by atoms with Gasteiger partial charge in [-0.05, 0) is 19.1 Å². The van der Waals surface area contributed by atoms with Gasteiger partial charge in [0.2, 0.25) is 0 Å². The monoisotopic (exact) mass is 195 g/mol. The van der Waals surface area contributed by atoms with Crippen LogP contribution in [0, 0.1) is 6.92 Å². The lowest BCUT2D eigenvalue weighted by atomic mass is 9.90. The fourth-order valence-corrected chi connectivity index (χ4v) is 2.01. The van der Waals surface area contributed by atoms with Crippen LogP contribution in [0.5, 0.6) is 11.5 Å². The van der Waals surface area contributed by atoms with E-state index in [1.165, 1.54) is 0 Å². The van der Waals surface area contributed by atoms with Gasteiger partial charge in [0.1, 0.15) is 11.5 Å². The maximum atomic E-state index is 5.81. The minimum absolute atomic E-state index is 0.172. The first-order valence-corrected chi connectivity index (χ1v) is 5.05. The van der Waals surface area contributed by atoms with Gasteiger partial charge in [0, 0.05) is 17.0 Å². The quantitative estimate of drug-likeness (QED) is 0.622. The number of hydrogen-bond acceptors (Lipinski definition) is 1. The van der Waals surface area contributed by atoms with Gasteiger partial charge in [-0.2, -0.15) is 0 Å². The van der Waals surface area contributed by atoms with Crippen molar-refractivity contribution in [2.24, 2.45) is 0 Å². The summed E-state index contributed by atoms with van der Waals surface area (Å²) in [5, 5.41) is 0. The van der Waals surface area contributed by atoms with Gasteiger partial charge in [-0.15, -0.1) is 0 Å². The molecule has 0 saturated carbocycles. The van der Waals surface area contributed by atoms with Crippen LogP contribution in [-0.4, -0.2) is 0 Å². The highest BCUT2D eigenvalue weighted by Crippen LogP contribution is 2.42. The molecule has 0 bridgehead atoms. The van der Waals surface area contributed by atoms with Crippen LogP contribution < -0.4 is 4.74 Å². The average molecular weight is 195 g/mol. The highest BCUT2D eigenvalue weighted by atomic mass is 16.5. The van der Waals surface area contributed by atoms with Crippen molar-refractivity contribution in [3.8, 4) is 11.5 Å². The summed E-state index contributed by atoms with van der Waals surface area (Å²) in [6.07, 6.45) is 0. The molecular weight excluding hydrogens is 184 g/mol. The smallest absolute Gasteiger partial charge is 0.131 e. The zero-order valence-corrected chi connectivity index (χ0v) is 8.31. The zero-order chi connectivity index (χ0) is 10.3. The first-order chi connectivity index (χ1) is 7.36. The molecule has 0 N–H and O–H groups in total. The highest BCUT2D eigenvalue weighted by molar-refractivity contribution is 5.53. The van der Waals surface area contributed by atoms with Crippen LogP contribution in [0.15, 0.2) is 48.5 Å². The normalized spacial score (nSPS) is 13.9. The second-order valence-corrected chi connectivity index (χ2v) is 3.73. The minimum atomic E-state index is 0.172. The van der Waals surface area contributed by atoms with Crippen molar-refractivity contribution in [1.82, 2.24) is 0 Å². The third kappa shape index (κ3) is 1.23. The van der Waals surface area contributed by atoms with Crippen molar-refractivity contribution in [2.75, 3.05) is 0 Å². The summed E-state index contributed by atoms with van der Waals surface area (Å²) in [5.41, 5.74) is 2.33. The fraction of sp³-hybridized carbons (Fsp3) is 0.0714. The molecule has 0 aromatic heterocycles. The van der Waals surface area contributed by atoms with Crippen LogP contribution in [0.1, 0.15) is 17.0 Å². The predicted molar refractivity (Wildman–Crippen MR) is 60.2 cm³/mol. The molecule has 2 aromatic rings. The van der Waals surface area contributed by atoms with E-state index < -0.39 is 0 Å². The van der Waals surface area contributed by atoms with Crippen LogP contribution >= 0.6 is 0 Å². The van der Waals surface area contributed by atoms with E-state index in [1.54, 1.807) is 0 Å². The lowest BCUT2D eigenvalue weighted by molar-refractivity contribution is 0.454. The average Bonchev–Trinajstić information content (AvgIpc) is 2.30. The summed E-state index contributed by atoms with van der Waals surface area (Å²) >= 11 is 0. The Labute approximate surface area is 89.3 Å². The zero-order valence-electron chi connectivity index (χ0n) is 8.31. The number of ether oxygens (including phenoxy) is 1. The van der Waals surface area contributed by atoms with Gasteiger partial charge >= 0.3 is 0 Å². The summed E-state index contributed by atoms with van der Waals surface area (Å²) in [5.74, 6) is 2.03. The Morgan fingerprint density at radius 3 is 1.80 bits per heavy atom. The number of hydrogen-bond donors (Lipinski definition) is 0. The van der Waals surface area contributed by atoms with E-state index in [0.717, 1.165) is 22.6 Å². The molecule has 0 amide bonds. The molecule has 1 aliphatic rings. The molecule has 0 spiro atoms. The van der Waals surface area contributed by atoms with Gasteiger partial charge in [-0.3, -0.25) is 0 Å². The number of benzene rings is 2. The van der Waals surface area contributed by atoms with E-state index in [4.69, 9.17) is 4.74 Å². The van der Waals surface area contributed by atoms with Gasteiger partial charge in [0.15, 0.2) is 0 Å². The van der Waals surface area contributed by atoms with Gasteiger partial charge in [0.25, 0.3) is 0 Å². The number of para-hydroxylation sites is 2. The van der Waals surface area contributed by atoms with Crippen molar-refractivity contribution in [3.63, 3.8) is 0 Å². The van der Waals surface area contributed by atoms with E-state index in [2.05, 4.69) is 19.1 Å². The van der Waals surface area contributed by atoms with Crippen LogP contribution in [0.4, 0.5) is 0 Å². The van der Waals surface area contributed by atoms with Crippen LogP contribution in [0.2, 0.25) is 0 Å². The highest BCUT2D eigenvalue weighted by Gasteiger charge is 2.22. The third-order valence-corrected chi connectivity index (χ3v) is 2.81. The second kappa shape index (κ2) is 3.13.